The lowest BCUT2D eigenvalue weighted by Crippen LogP contribution is -2.08. The highest BCUT2D eigenvalue weighted by molar-refractivity contribution is 5.62. The maximum absolute atomic E-state index is 10.2. The van der Waals surface area contributed by atoms with Crippen molar-refractivity contribution in [3.63, 3.8) is 0 Å². The molecule has 1 heterocycles. The van der Waals surface area contributed by atoms with Crippen molar-refractivity contribution in [3.05, 3.63) is 47.0 Å². The SMILES string of the molecule is C/C=C/c1cc(OC)c2c(c1)[C@@H](C)[C@@H](c1cc(OC)c(O)c(OC)c1)O2. The van der Waals surface area contributed by atoms with Crippen LogP contribution in [-0.2, 0) is 0 Å². The minimum Gasteiger partial charge on any atom is -0.502 e. The van der Waals surface area contributed by atoms with Crippen LogP contribution in [0.2, 0.25) is 0 Å². The molecule has 0 unspecified atom stereocenters. The maximum atomic E-state index is 10.2. The average molecular weight is 356 g/mol. The van der Waals surface area contributed by atoms with Gasteiger partial charge in [0.05, 0.1) is 21.3 Å². The van der Waals surface area contributed by atoms with E-state index in [0.717, 1.165) is 22.4 Å². The molecule has 0 aromatic heterocycles. The van der Waals surface area contributed by atoms with E-state index in [9.17, 15) is 5.11 Å². The van der Waals surface area contributed by atoms with E-state index < -0.39 is 0 Å². The van der Waals surface area contributed by atoms with Crippen LogP contribution in [0.1, 0.15) is 42.6 Å². The summed E-state index contributed by atoms with van der Waals surface area (Å²) in [5, 5.41) is 10.2. The second-order valence-corrected chi connectivity index (χ2v) is 6.24. The molecule has 0 radical (unpaired) electrons. The number of hydrogen-bond donors (Lipinski definition) is 1. The molecule has 5 nitrogen and oxygen atoms in total. The molecule has 0 aliphatic carbocycles. The van der Waals surface area contributed by atoms with Crippen LogP contribution in [0.25, 0.3) is 6.08 Å². The van der Waals surface area contributed by atoms with E-state index in [1.165, 1.54) is 14.2 Å². The Balaban J connectivity index is 2.07. The molecule has 5 heteroatoms. The van der Waals surface area contributed by atoms with Crippen molar-refractivity contribution in [2.24, 2.45) is 0 Å². The van der Waals surface area contributed by atoms with E-state index in [0.29, 0.717) is 17.2 Å². The zero-order valence-corrected chi connectivity index (χ0v) is 15.7. The molecule has 2 aromatic rings. The second-order valence-electron chi connectivity index (χ2n) is 6.24. The summed E-state index contributed by atoms with van der Waals surface area (Å²) in [6, 6.07) is 7.65. The largest absolute Gasteiger partial charge is 0.502 e. The Morgan fingerprint density at radius 2 is 1.58 bits per heavy atom. The highest BCUT2D eigenvalue weighted by Gasteiger charge is 2.36. The maximum Gasteiger partial charge on any atom is 0.200 e. The van der Waals surface area contributed by atoms with Crippen LogP contribution in [0.5, 0.6) is 28.7 Å². The topological polar surface area (TPSA) is 57.2 Å². The summed E-state index contributed by atoms with van der Waals surface area (Å²) >= 11 is 0. The van der Waals surface area contributed by atoms with Gasteiger partial charge in [0.1, 0.15) is 6.10 Å². The highest BCUT2D eigenvalue weighted by Crippen LogP contribution is 2.52. The first kappa shape index (κ1) is 18.0. The Morgan fingerprint density at radius 3 is 2.12 bits per heavy atom. The van der Waals surface area contributed by atoms with Crippen molar-refractivity contribution in [1.29, 1.82) is 0 Å². The van der Waals surface area contributed by atoms with Gasteiger partial charge in [0.2, 0.25) is 5.75 Å². The first-order chi connectivity index (χ1) is 12.5. The van der Waals surface area contributed by atoms with Crippen molar-refractivity contribution >= 4 is 6.08 Å². The highest BCUT2D eigenvalue weighted by atomic mass is 16.5. The van der Waals surface area contributed by atoms with Gasteiger partial charge in [-0.1, -0.05) is 19.1 Å². The van der Waals surface area contributed by atoms with Crippen molar-refractivity contribution < 1.29 is 24.1 Å². The summed E-state index contributed by atoms with van der Waals surface area (Å²) in [4.78, 5) is 0. The Bertz CT molecular complexity index is 816. The molecule has 1 aliphatic heterocycles. The van der Waals surface area contributed by atoms with E-state index in [1.54, 1.807) is 19.2 Å². The second kappa shape index (κ2) is 7.20. The molecule has 2 atom stereocenters. The number of rotatable bonds is 5. The quantitative estimate of drug-likeness (QED) is 0.842. The predicted octanol–water partition coefficient (Wildman–Crippen LogP) is 4.69. The number of aromatic hydroxyl groups is 1. The first-order valence-corrected chi connectivity index (χ1v) is 8.50. The summed E-state index contributed by atoms with van der Waals surface area (Å²) in [7, 11) is 4.67. The fraction of sp³-hybridized carbons (Fsp3) is 0.333. The van der Waals surface area contributed by atoms with Gasteiger partial charge in [0, 0.05) is 17.0 Å². The number of phenolic OH excluding ortho intramolecular Hbond substituents is 1. The molecule has 1 aliphatic rings. The van der Waals surface area contributed by atoms with Gasteiger partial charge in [-0.2, -0.15) is 0 Å². The standard InChI is InChI=1S/C21H24O5/c1-6-7-13-8-15-12(2)20(26-21(15)18(9-13)25-5)14-10-16(23-3)19(22)17(11-14)24-4/h6-12,20,22H,1-5H3/b7-6+/t12-,20+/m1/s1. The van der Waals surface area contributed by atoms with Crippen LogP contribution in [-0.4, -0.2) is 26.4 Å². The minimum atomic E-state index is -0.233. The summed E-state index contributed by atoms with van der Waals surface area (Å²) in [6.45, 7) is 4.10. The molecular formula is C21H24O5. The molecule has 0 bridgehead atoms. The molecule has 0 amide bonds. The van der Waals surface area contributed by atoms with Gasteiger partial charge >= 0.3 is 0 Å². The Hall–Kier alpha value is -2.82. The monoisotopic (exact) mass is 356 g/mol. The average Bonchev–Trinajstić information content (AvgIpc) is 2.98. The van der Waals surface area contributed by atoms with Crippen LogP contribution < -0.4 is 18.9 Å². The molecule has 0 fully saturated rings. The van der Waals surface area contributed by atoms with E-state index in [4.69, 9.17) is 18.9 Å². The normalized spacial score (nSPS) is 18.5. The molecule has 0 saturated heterocycles. The smallest absolute Gasteiger partial charge is 0.200 e. The van der Waals surface area contributed by atoms with Gasteiger partial charge in [-0.05, 0) is 36.8 Å². The molecule has 0 spiro atoms. The third-order valence-corrected chi connectivity index (χ3v) is 4.71. The van der Waals surface area contributed by atoms with E-state index in [-0.39, 0.29) is 17.8 Å². The first-order valence-electron chi connectivity index (χ1n) is 8.50. The number of allylic oxidation sites excluding steroid dienone is 1. The third-order valence-electron chi connectivity index (χ3n) is 4.71. The number of methoxy groups -OCH3 is 3. The Labute approximate surface area is 153 Å². The number of fused-ring (bicyclic) bond motifs is 1. The summed E-state index contributed by atoms with van der Waals surface area (Å²) in [5.74, 6) is 2.25. The van der Waals surface area contributed by atoms with Crippen LogP contribution in [0.4, 0.5) is 0 Å². The van der Waals surface area contributed by atoms with Gasteiger partial charge in [0.25, 0.3) is 0 Å². The minimum absolute atomic E-state index is 0.0186. The van der Waals surface area contributed by atoms with Gasteiger partial charge in [-0.25, -0.2) is 0 Å². The van der Waals surface area contributed by atoms with Gasteiger partial charge in [-0.3, -0.25) is 0 Å². The fourth-order valence-corrected chi connectivity index (χ4v) is 3.38. The predicted molar refractivity (Wildman–Crippen MR) is 101 cm³/mol. The lowest BCUT2D eigenvalue weighted by Gasteiger charge is -2.18. The third kappa shape index (κ3) is 2.94. The van der Waals surface area contributed by atoms with Crippen LogP contribution in [0.3, 0.4) is 0 Å². The van der Waals surface area contributed by atoms with Crippen LogP contribution >= 0.6 is 0 Å². The molecule has 3 rings (SSSR count). The number of hydrogen-bond acceptors (Lipinski definition) is 5. The zero-order chi connectivity index (χ0) is 18.8. The molecular weight excluding hydrogens is 332 g/mol. The summed E-state index contributed by atoms with van der Waals surface area (Å²) in [5.41, 5.74) is 3.03. The lowest BCUT2D eigenvalue weighted by molar-refractivity contribution is 0.207. The van der Waals surface area contributed by atoms with Crippen molar-refractivity contribution in [2.75, 3.05) is 21.3 Å². The van der Waals surface area contributed by atoms with Gasteiger partial charge < -0.3 is 24.1 Å². The van der Waals surface area contributed by atoms with Gasteiger partial charge in [0.15, 0.2) is 23.0 Å². The Morgan fingerprint density at radius 1 is 0.962 bits per heavy atom. The number of ether oxygens (including phenoxy) is 4. The van der Waals surface area contributed by atoms with Crippen LogP contribution in [0, 0.1) is 0 Å². The summed E-state index contributed by atoms with van der Waals surface area (Å²) < 4.78 is 22.3. The van der Waals surface area contributed by atoms with Crippen molar-refractivity contribution in [2.45, 2.75) is 25.9 Å². The lowest BCUT2D eigenvalue weighted by atomic mass is 9.91. The van der Waals surface area contributed by atoms with E-state index in [2.05, 4.69) is 13.0 Å². The number of benzene rings is 2. The van der Waals surface area contributed by atoms with Crippen molar-refractivity contribution in [3.8, 4) is 28.7 Å². The molecule has 26 heavy (non-hydrogen) atoms. The van der Waals surface area contributed by atoms with E-state index >= 15 is 0 Å². The molecule has 0 saturated carbocycles. The summed E-state index contributed by atoms with van der Waals surface area (Å²) in [6.07, 6.45) is 3.80. The van der Waals surface area contributed by atoms with E-state index in [1.807, 2.05) is 25.1 Å². The zero-order valence-electron chi connectivity index (χ0n) is 15.7. The van der Waals surface area contributed by atoms with Crippen molar-refractivity contribution in [1.82, 2.24) is 0 Å². The molecule has 138 valence electrons. The Kier molecular flexibility index (Phi) is 4.98. The fourth-order valence-electron chi connectivity index (χ4n) is 3.38. The van der Waals surface area contributed by atoms with Gasteiger partial charge in [-0.15, -0.1) is 0 Å². The molecule has 1 N–H and O–H groups in total. The number of phenols is 1. The van der Waals surface area contributed by atoms with Crippen LogP contribution in [0.15, 0.2) is 30.3 Å². The molecule has 2 aromatic carbocycles.